The molecule has 256 valence electrons. The summed E-state index contributed by atoms with van der Waals surface area (Å²) in [7, 11) is 1.75. The molecular weight excluding hydrogens is 626 g/mol. The summed E-state index contributed by atoms with van der Waals surface area (Å²) in [6, 6.07) is 10.7. The van der Waals surface area contributed by atoms with Gasteiger partial charge >= 0.3 is 23.9 Å². The number of ketones is 1. The molecule has 2 aromatic carbocycles. The van der Waals surface area contributed by atoms with E-state index in [9.17, 15) is 39.3 Å². The number of carboxylic acids is 1. The maximum atomic E-state index is 13.4. The van der Waals surface area contributed by atoms with E-state index in [1.54, 1.807) is 37.4 Å². The van der Waals surface area contributed by atoms with E-state index in [1.165, 1.54) is 32.0 Å². The lowest BCUT2D eigenvalue weighted by Gasteiger charge is -2.56. The highest BCUT2D eigenvalue weighted by Gasteiger charge is 2.69. The van der Waals surface area contributed by atoms with Crippen LogP contribution in [0.25, 0.3) is 0 Å². The summed E-state index contributed by atoms with van der Waals surface area (Å²) < 4.78 is 22.4. The Morgan fingerprint density at radius 2 is 1.75 bits per heavy atom. The summed E-state index contributed by atoms with van der Waals surface area (Å²) in [6.45, 7) is 4.30. The number of benzene rings is 2. The summed E-state index contributed by atoms with van der Waals surface area (Å²) >= 11 is 0. The fourth-order valence-corrected chi connectivity index (χ4v) is 7.36. The van der Waals surface area contributed by atoms with Gasteiger partial charge in [0.15, 0.2) is 23.7 Å². The molecule has 0 saturated carbocycles. The van der Waals surface area contributed by atoms with Crippen LogP contribution in [-0.4, -0.2) is 75.9 Å². The Hall–Kier alpha value is -4.75. The number of aliphatic hydroxyl groups is 1. The monoisotopic (exact) mass is 665 g/mol. The highest BCUT2D eigenvalue weighted by Crippen LogP contribution is 2.63. The number of carboxylic acid groups (broad SMARTS) is 1. The lowest BCUT2D eigenvalue weighted by Crippen LogP contribution is -2.70. The van der Waals surface area contributed by atoms with Crippen molar-refractivity contribution in [3.05, 3.63) is 71.0 Å². The van der Waals surface area contributed by atoms with E-state index >= 15 is 0 Å². The topological polar surface area (TPSA) is 195 Å². The first-order chi connectivity index (χ1) is 22.8. The van der Waals surface area contributed by atoms with Crippen molar-refractivity contribution in [1.82, 2.24) is 5.32 Å². The van der Waals surface area contributed by atoms with Crippen molar-refractivity contribution in [2.75, 3.05) is 7.05 Å². The summed E-state index contributed by atoms with van der Waals surface area (Å²) in [4.78, 5) is 63.1. The molecule has 7 atom stereocenters. The van der Waals surface area contributed by atoms with E-state index in [-0.39, 0.29) is 35.3 Å². The van der Waals surface area contributed by atoms with Gasteiger partial charge in [0.25, 0.3) is 0 Å². The van der Waals surface area contributed by atoms with Crippen LogP contribution in [0.1, 0.15) is 69.2 Å². The van der Waals surface area contributed by atoms with Crippen molar-refractivity contribution in [2.24, 2.45) is 5.92 Å². The molecule has 0 unspecified atom stereocenters. The zero-order valence-electron chi connectivity index (χ0n) is 27.1. The largest absolute Gasteiger partial charge is 0.504 e. The Labute approximate surface area is 276 Å². The number of ether oxygens (including phenoxy) is 4. The third-order valence-corrected chi connectivity index (χ3v) is 9.60. The number of hydrogen-bond acceptors (Lipinski definition) is 12. The van der Waals surface area contributed by atoms with Gasteiger partial charge in [-0.25, -0.2) is 9.59 Å². The number of nitrogens with one attached hydrogen (secondary N) is 1. The number of hydrogen-bond donors (Lipinski definition) is 4. The van der Waals surface area contributed by atoms with Crippen LogP contribution in [0.15, 0.2) is 54.3 Å². The molecule has 0 fully saturated rings. The van der Waals surface area contributed by atoms with Gasteiger partial charge in [-0.2, -0.15) is 0 Å². The molecule has 2 aromatic rings. The molecule has 48 heavy (non-hydrogen) atoms. The lowest BCUT2D eigenvalue weighted by molar-refractivity contribution is -0.178. The molecule has 3 aliphatic rings. The molecule has 4 N–H and O–H groups in total. The predicted molar refractivity (Wildman–Crippen MR) is 167 cm³/mol. The van der Waals surface area contributed by atoms with Crippen molar-refractivity contribution >= 4 is 29.7 Å². The van der Waals surface area contributed by atoms with Crippen molar-refractivity contribution in [3.8, 4) is 11.5 Å². The maximum absolute atomic E-state index is 13.4. The standard InChI is InChI=1S/C35H39NO12/c1-5-34-27-21-11-12-23(38)29(27)47-30(34)24(13-14-35(34,44)25(16-21)36-4)46-26(39)17-22(15-18(2)37)33(43)45-19(3)32(42)48-28(31(40)41)20-9-7-6-8-10-20/h6-13,19,22,25,28,30,36,38,44H,5,14-17H2,1-4H3,(H,40,41)/t19-,22-,25+,28-,30-,34-,35+/m0/s1. The smallest absolute Gasteiger partial charge is 0.349 e. The average molecular weight is 666 g/mol. The fraction of sp³-hybridized carbons (Fsp3) is 0.457. The van der Waals surface area contributed by atoms with Crippen LogP contribution in [0.2, 0.25) is 0 Å². The van der Waals surface area contributed by atoms with E-state index in [0.29, 0.717) is 18.4 Å². The van der Waals surface area contributed by atoms with Gasteiger partial charge in [-0.05, 0) is 51.4 Å². The van der Waals surface area contributed by atoms with Crippen LogP contribution < -0.4 is 10.1 Å². The Morgan fingerprint density at radius 3 is 2.38 bits per heavy atom. The molecule has 0 spiro atoms. The molecule has 0 aromatic heterocycles. The summed E-state index contributed by atoms with van der Waals surface area (Å²) in [5.41, 5.74) is -0.672. The number of phenols is 1. The maximum Gasteiger partial charge on any atom is 0.349 e. The van der Waals surface area contributed by atoms with Crippen LogP contribution in [0.4, 0.5) is 0 Å². The van der Waals surface area contributed by atoms with Crippen molar-refractivity contribution in [3.63, 3.8) is 0 Å². The minimum Gasteiger partial charge on any atom is -0.504 e. The Morgan fingerprint density at radius 1 is 1.04 bits per heavy atom. The number of rotatable bonds is 13. The van der Waals surface area contributed by atoms with Gasteiger partial charge in [0.1, 0.15) is 11.5 Å². The fourth-order valence-electron chi connectivity index (χ4n) is 7.36. The number of aliphatic carboxylic acids is 1. The zero-order chi connectivity index (χ0) is 35.0. The van der Waals surface area contributed by atoms with E-state index in [2.05, 4.69) is 5.32 Å². The van der Waals surface area contributed by atoms with Gasteiger partial charge < -0.3 is 44.4 Å². The Bertz CT molecular complexity index is 1650. The molecule has 13 nitrogen and oxygen atoms in total. The molecule has 1 heterocycles. The summed E-state index contributed by atoms with van der Waals surface area (Å²) in [5, 5.41) is 35.7. The number of likely N-dealkylation sites (N-methyl/N-ethyl adjacent to an activating group) is 1. The number of carbonyl (C=O) groups excluding carboxylic acids is 4. The highest BCUT2D eigenvalue weighted by atomic mass is 16.6. The number of phenolic OH excluding ortho intramolecular Hbond substituents is 1. The quantitative estimate of drug-likeness (QED) is 0.180. The van der Waals surface area contributed by atoms with Gasteiger partial charge in [0.05, 0.1) is 23.4 Å². The number of esters is 3. The third-order valence-electron chi connectivity index (χ3n) is 9.60. The van der Waals surface area contributed by atoms with Gasteiger partial charge in [-0.1, -0.05) is 43.3 Å². The number of Topliss-reactive ketones (excluding diaryl/α,β-unsaturated/α-hetero) is 1. The third kappa shape index (κ3) is 5.92. The summed E-state index contributed by atoms with van der Waals surface area (Å²) in [5.74, 6) is -6.08. The molecule has 0 saturated heterocycles. The van der Waals surface area contributed by atoms with Crippen LogP contribution in [0.5, 0.6) is 11.5 Å². The van der Waals surface area contributed by atoms with Crippen molar-refractivity contribution in [1.29, 1.82) is 0 Å². The predicted octanol–water partition coefficient (Wildman–Crippen LogP) is 2.79. The molecule has 5 rings (SSSR count). The second-order valence-electron chi connectivity index (χ2n) is 12.5. The van der Waals surface area contributed by atoms with E-state index in [4.69, 9.17) is 18.9 Å². The molecule has 0 amide bonds. The van der Waals surface area contributed by atoms with Crippen LogP contribution in [0.3, 0.4) is 0 Å². The summed E-state index contributed by atoms with van der Waals surface area (Å²) in [6.07, 6.45) is -2.66. The molecule has 1 aliphatic heterocycles. The number of aromatic hydroxyl groups is 1. The minimum atomic E-state index is -1.65. The number of carbonyl (C=O) groups is 5. The van der Waals surface area contributed by atoms with E-state index in [1.807, 2.05) is 6.92 Å². The van der Waals surface area contributed by atoms with E-state index in [0.717, 1.165) is 5.56 Å². The molecule has 13 heteroatoms. The molecular formula is C35H39NO12. The average Bonchev–Trinajstić information content (AvgIpc) is 3.43. The Balaban J connectivity index is 1.31. The van der Waals surface area contributed by atoms with Crippen molar-refractivity contribution in [2.45, 2.75) is 88.2 Å². The lowest BCUT2D eigenvalue weighted by atomic mass is 9.52. The SMILES string of the molecule is CC[C@]12c3c4ccc(O)c3O[C@H]1C(OC(=O)C[C@H](CC(C)=O)C(=O)O[C@@H](C)C(=O)O[C@H](C(=O)O)c1ccccc1)=CC[C@@]2(O)[C@H](NC)C4. The van der Waals surface area contributed by atoms with Gasteiger partial charge in [0.2, 0.25) is 6.10 Å². The zero-order valence-corrected chi connectivity index (χ0v) is 27.1. The van der Waals surface area contributed by atoms with Crippen LogP contribution in [-0.2, 0) is 50.0 Å². The van der Waals surface area contributed by atoms with Crippen molar-refractivity contribution < 1.29 is 58.2 Å². The molecule has 2 aliphatic carbocycles. The molecule has 0 radical (unpaired) electrons. The van der Waals surface area contributed by atoms with E-state index < -0.39 is 77.7 Å². The first kappa shape index (κ1) is 34.6. The van der Waals surface area contributed by atoms with Crippen LogP contribution in [0, 0.1) is 5.92 Å². The first-order valence-electron chi connectivity index (χ1n) is 15.8. The van der Waals surface area contributed by atoms with Gasteiger partial charge in [0, 0.05) is 30.0 Å². The normalized spacial score (nSPS) is 25.3. The molecule has 0 bridgehead atoms. The van der Waals surface area contributed by atoms with Gasteiger partial charge in [-0.3, -0.25) is 9.59 Å². The first-order valence-corrected chi connectivity index (χ1v) is 15.8. The second kappa shape index (κ2) is 13.4. The van der Waals surface area contributed by atoms with Crippen LogP contribution >= 0.6 is 0 Å². The van der Waals surface area contributed by atoms with Gasteiger partial charge in [-0.15, -0.1) is 0 Å². The second-order valence-corrected chi connectivity index (χ2v) is 12.5. The Kier molecular flexibility index (Phi) is 9.65. The highest BCUT2D eigenvalue weighted by molar-refractivity contribution is 5.88. The minimum absolute atomic E-state index is 0.0948.